The van der Waals surface area contributed by atoms with Crippen LogP contribution in [0.1, 0.15) is 38.3 Å². The zero-order chi connectivity index (χ0) is 15.1. The normalized spacial score (nSPS) is 27.5. The molecule has 1 saturated carbocycles. The summed E-state index contributed by atoms with van der Waals surface area (Å²) in [7, 11) is 0. The Morgan fingerprint density at radius 1 is 1.29 bits per heavy atom. The highest BCUT2D eigenvalue weighted by molar-refractivity contribution is 6.31. The average molecular weight is 307 g/mol. The second-order valence-corrected chi connectivity index (χ2v) is 6.35. The molecule has 1 aliphatic heterocycles. The maximum absolute atomic E-state index is 12.8. The van der Waals surface area contributed by atoms with E-state index < -0.39 is 6.04 Å². The Morgan fingerprint density at radius 3 is 2.57 bits per heavy atom. The fourth-order valence-corrected chi connectivity index (χ4v) is 3.35. The van der Waals surface area contributed by atoms with E-state index in [1.165, 1.54) is 0 Å². The van der Waals surface area contributed by atoms with E-state index in [-0.39, 0.29) is 23.9 Å². The molecule has 1 N–H and O–H groups in total. The summed E-state index contributed by atoms with van der Waals surface area (Å²) < 4.78 is 0. The zero-order valence-electron chi connectivity index (χ0n) is 12.2. The Hall–Kier alpha value is -1.55. The van der Waals surface area contributed by atoms with Crippen molar-refractivity contribution in [3.05, 3.63) is 34.9 Å². The fourth-order valence-electron chi connectivity index (χ4n) is 3.05. The number of piperazine rings is 1. The van der Waals surface area contributed by atoms with Gasteiger partial charge in [0.1, 0.15) is 12.1 Å². The van der Waals surface area contributed by atoms with Crippen LogP contribution in [0, 0.1) is 5.92 Å². The Bertz CT molecular complexity index is 585. The van der Waals surface area contributed by atoms with Gasteiger partial charge < -0.3 is 10.2 Å². The van der Waals surface area contributed by atoms with Crippen LogP contribution in [0.4, 0.5) is 0 Å². The number of amides is 2. The molecule has 3 atom stereocenters. The first-order chi connectivity index (χ1) is 10.0. The van der Waals surface area contributed by atoms with Gasteiger partial charge >= 0.3 is 0 Å². The molecule has 0 radical (unpaired) electrons. The lowest BCUT2D eigenvalue weighted by Gasteiger charge is -2.41. The summed E-state index contributed by atoms with van der Waals surface area (Å²) in [4.78, 5) is 26.6. The van der Waals surface area contributed by atoms with Crippen molar-refractivity contribution in [2.24, 2.45) is 5.92 Å². The van der Waals surface area contributed by atoms with Crippen LogP contribution in [0.2, 0.25) is 5.02 Å². The van der Waals surface area contributed by atoms with Gasteiger partial charge in [-0.15, -0.1) is 0 Å². The highest BCUT2D eigenvalue weighted by Crippen LogP contribution is 2.37. The van der Waals surface area contributed by atoms with Gasteiger partial charge in [0.05, 0.1) is 6.04 Å². The predicted molar refractivity (Wildman–Crippen MR) is 80.8 cm³/mol. The van der Waals surface area contributed by atoms with Gasteiger partial charge in [0.25, 0.3) is 0 Å². The minimum Gasteiger partial charge on any atom is -0.342 e. The van der Waals surface area contributed by atoms with Crippen molar-refractivity contribution in [1.29, 1.82) is 0 Å². The van der Waals surface area contributed by atoms with E-state index in [2.05, 4.69) is 5.32 Å². The van der Waals surface area contributed by atoms with Crippen LogP contribution in [0.5, 0.6) is 0 Å². The van der Waals surface area contributed by atoms with Crippen LogP contribution >= 0.6 is 11.6 Å². The van der Waals surface area contributed by atoms with Crippen molar-refractivity contribution in [3.63, 3.8) is 0 Å². The van der Waals surface area contributed by atoms with Gasteiger partial charge in [0.15, 0.2) is 0 Å². The Morgan fingerprint density at radius 2 is 1.95 bits per heavy atom. The molecule has 1 heterocycles. The van der Waals surface area contributed by atoms with Crippen molar-refractivity contribution >= 4 is 23.4 Å². The van der Waals surface area contributed by atoms with E-state index in [0.717, 1.165) is 18.4 Å². The zero-order valence-corrected chi connectivity index (χ0v) is 12.9. The molecule has 4 nitrogen and oxygen atoms in total. The monoisotopic (exact) mass is 306 g/mol. The number of rotatable bonds is 3. The van der Waals surface area contributed by atoms with Crippen molar-refractivity contribution in [1.82, 2.24) is 10.2 Å². The van der Waals surface area contributed by atoms with E-state index in [0.29, 0.717) is 10.9 Å². The highest BCUT2D eigenvalue weighted by Gasteiger charge is 2.47. The minimum absolute atomic E-state index is 0.0111. The molecule has 21 heavy (non-hydrogen) atoms. The van der Waals surface area contributed by atoms with E-state index in [1.807, 2.05) is 31.2 Å². The van der Waals surface area contributed by atoms with Crippen molar-refractivity contribution in [2.75, 3.05) is 0 Å². The number of carbonyl (C=O) groups excluding carboxylic acids is 2. The summed E-state index contributed by atoms with van der Waals surface area (Å²) in [5.74, 6) is 0.234. The van der Waals surface area contributed by atoms with Crippen molar-refractivity contribution < 1.29 is 9.59 Å². The fraction of sp³-hybridized carbons (Fsp3) is 0.500. The van der Waals surface area contributed by atoms with E-state index >= 15 is 0 Å². The van der Waals surface area contributed by atoms with Crippen molar-refractivity contribution in [2.45, 2.75) is 44.8 Å². The SMILES string of the molecule is CC1C(=O)NC(C2CC2)C(=O)N1C(C)c1ccccc1Cl. The standard InChI is InChI=1S/C16H19ClN2O2/c1-9(12-5-3-4-6-13(12)17)19-10(2)15(20)18-14(16(19)21)11-7-8-11/h3-6,9-11,14H,7-8H2,1-2H3,(H,18,20). The molecule has 1 aromatic rings. The molecular formula is C16H19ClN2O2. The molecule has 0 bridgehead atoms. The summed E-state index contributed by atoms with van der Waals surface area (Å²) in [5, 5.41) is 3.49. The highest BCUT2D eigenvalue weighted by atomic mass is 35.5. The van der Waals surface area contributed by atoms with Gasteiger partial charge in [-0.2, -0.15) is 0 Å². The first-order valence-corrected chi connectivity index (χ1v) is 7.75. The summed E-state index contributed by atoms with van der Waals surface area (Å²) in [5.41, 5.74) is 0.878. The number of halogens is 1. The lowest BCUT2D eigenvalue weighted by molar-refractivity contribution is -0.151. The molecular weight excluding hydrogens is 288 g/mol. The number of carbonyl (C=O) groups is 2. The second kappa shape index (κ2) is 5.34. The van der Waals surface area contributed by atoms with Crippen LogP contribution in [0.3, 0.4) is 0 Å². The third-order valence-corrected chi connectivity index (χ3v) is 4.83. The van der Waals surface area contributed by atoms with Gasteiger partial charge in [-0.3, -0.25) is 9.59 Å². The molecule has 2 amide bonds. The van der Waals surface area contributed by atoms with Gasteiger partial charge in [-0.1, -0.05) is 29.8 Å². The summed E-state index contributed by atoms with van der Waals surface area (Å²) in [6.07, 6.45) is 2.03. The molecule has 0 aromatic heterocycles. The lowest BCUT2D eigenvalue weighted by atomic mass is 9.98. The summed E-state index contributed by atoms with van der Waals surface area (Å²) >= 11 is 6.24. The molecule has 2 fully saturated rings. The van der Waals surface area contributed by atoms with Gasteiger partial charge in [-0.25, -0.2) is 0 Å². The molecule has 1 aliphatic carbocycles. The maximum atomic E-state index is 12.8. The Kier molecular flexibility index (Phi) is 3.66. The quantitative estimate of drug-likeness (QED) is 0.933. The van der Waals surface area contributed by atoms with Gasteiger partial charge in [-0.05, 0) is 44.2 Å². The summed E-state index contributed by atoms with van der Waals surface area (Å²) in [6, 6.07) is 6.43. The number of nitrogens with zero attached hydrogens (tertiary/aromatic N) is 1. The van der Waals surface area contributed by atoms with E-state index in [1.54, 1.807) is 11.8 Å². The molecule has 2 aliphatic rings. The number of hydrogen-bond donors (Lipinski definition) is 1. The maximum Gasteiger partial charge on any atom is 0.246 e. The van der Waals surface area contributed by atoms with Crippen LogP contribution in [-0.2, 0) is 9.59 Å². The van der Waals surface area contributed by atoms with Crippen LogP contribution < -0.4 is 5.32 Å². The largest absolute Gasteiger partial charge is 0.342 e. The van der Waals surface area contributed by atoms with Crippen LogP contribution in [-0.4, -0.2) is 28.8 Å². The van der Waals surface area contributed by atoms with E-state index in [4.69, 9.17) is 11.6 Å². The first-order valence-electron chi connectivity index (χ1n) is 7.37. The molecule has 112 valence electrons. The molecule has 1 aromatic carbocycles. The van der Waals surface area contributed by atoms with Gasteiger partial charge in [0.2, 0.25) is 11.8 Å². The Balaban J connectivity index is 1.92. The van der Waals surface area contributed by atoms with Crippen LogP contribution in [0.15, 0.2) is 24.3 Å². The second-order valence-electron chi connectivity index (χ2n) is 5.94. The van der Waals surface area contributed by atoms with Crippen LogP contribution in [0.25, 0.3) is 0 Å². The minimum atomic E-state index is -0.473. The van der Waals surface area contributed by atoms with Gasteiger partial charge in [0, 0.05) is 5.02 Å². The third-order valence-electron chi connectivity index (χ3n) is 4.48. The molecule has 3 rings (SSSR count). The topological polar surface area (TPSA) is 49.4 Å². The first kappa shape index (κ1) is 14.4. The number of nitrogens with one attached hydrogen (secondary N) is 1. The molecule has 3 unspecified atom stereocenters. The number of benzene rings is 1. The molecule has 0 spiro atoms. The Labute approximate surface area is 129 Å². The smallest absolute Gasteiger partial charge is 0.246 e. The molecule has 5 heteroatoms. The average Bonchev–Trinajstić information content (AvgIpc) is 3.28. The van der Waals surface area contributed by atoms with Crippen molar-refractivity contribution in [3.8, 4) is 0 Å². The third kappa shape index (κ3) is 2.53. The number of hydrogen-bond acceptors (Lipinski definition) is 2. The predicted octanol–water partition coefficient (Wildman–Crippen LogP) is 2.53. The lowest BCUT2D eigenvalue weighted by Crippen LogP contribution is -2.63. The summed E-state index contributed by atoms with van der Waals surface area (Å²) in [6.45, 7) is 3.70. The van der Waals surface area contributed by atoms with E-state index in [9.17, 15) is 9.59 Å². The molecule has 1 saturated heterocycles.